The van der Waals surface area contributed by atoms with Crippen LogP contribution in [0.15, 0.2) is 59.5 Å². The highest BCUT2D eigenvalue weighted by Gasteiger charge is 2.22. The molecule has 1 fully saturated rings. The maximum absolute atomic E-state index is 13.3. The van der Waals surface area contributed by atoms with Crippen LogP contribution in [0.5, 0.6) is 5.75 Å². The Morgan fingerprint density at radius 1 is 1.14 bits per heavy atom. The second-order valence-corrected chi connectivity index (χ2v) is 10.8. The van der Waals surface area contributed by atoms with Gasteiger partial charge in [0.05, 0.1) is 52.2 Å². The van der Waals surface area contributed by atoms with Gasteiger partial charge in [0.1, 0.15) is 17.6 Å². The van der Waals surface area contributed by atoms with Gasteiger partial charge >= 0.3 is 0 Å². The molecule has 0 bridgehead atoms. The number of hydrogen-bond acceptors (Lipinski definition) is 8. The van der Waals surface area contributed by atoms with E-state index in [2.05, 4.69) is 37.3 Å². The predicted molar refractivity (Wildman–Crippen MR) is 135 cm³/mol. The molecule has 5 rings (SSSR count). The van der Waals surface area contributed by atoms with Gasteiger partial charge in [-0.2, -0.15) is 14.7 Å². The molecule has 0 amide bonds. The van der Waals surface area contributed by atoms with Crippen molar-refractivity contribution in [3.63, 3.8) is 0 Å². The molecule has 0 saturated carbocycles. The van der Waals surface area contributed by atoms with Gasteiger partial charge in [-0.05, 0) is 36.8 Å². The van der Waals surface area contributed by atoms with Crippen LogP contribution in [0.25, 0.3) is 16.6 Å². The normalized spacial score (nSPS) is 15.1. The van der Waals surface area contributed by atoms with Gasteiger partial charge in [0.2, 0.25) is 0 Å². The highest BCUT2D eigenvalue weighted by atomic mass is 32.2. The van der Waals surface area contributed by atoms with Crippen LogP contribution in [-0.2, 0) is 16.1 Å². The molecule has 0 unspecified atom stereocenters. The number of fused-ring (bicyclic) bond motifs is 1. The summed E-state index contributed by atoms with van der Waals surface area (Å²) >= 11 is 0. The number of nitrogens with zero attached hydrogens (tertiary/aromatic N) is 7. The molecule has 1 saturated heterocycles. The van der Waals surface area contributed by atoms with E-state index in [1.54, 1.807) is 36.4 Å². The maximum Gasteiger partial charge on any atom is 0.137 e. The lowest BCUT2D eigenvalue weighted by molar-refractivity contribution is 0.412. The highest BCUT2D eigenvalue weighted by Crippen LogP contribution is 2.31. The fraction of sp³-hybridized carbons (Fsp3) is 0.280. The third-order valence-corrected chi connectivity index (χ3v) is 8.31. The Morgan fingerprint density at radius 2 is 1.97 bits per heavy atom. The first-order valence-corrected chi connectivity index (χ1v) is 13.2. The quantitative estimate of drug-likeness (QED) is 0.421. The summed E-state index contributed by atoms with van der Waals surface area (Å²) in [5.41, 5.74) is 4.54. The van der Waals surface area contributed by atoms with E-state index in [-0.39, 0.29) is 0 Å². The number of pyridine rings is 3. The average Bonchev–Trinajstić information content (AvgIpc) is 3.32. The third-order valence-electron chi connectivity index (χ3n) is 6.13. The van der Waals surface area contributed by atoms with Gasteiger partial charge in [-0.15, -0.1) is 0 Å². The van der Waals surface area contributed by atoms with E-state index in [4.69, 9.17) is 4.74 Å². The molecule has 0 radical (unpaired) electrons. The monoisotopic (exact) mass is 487 g/mol. The lowest BCUT2D eigenvalue weighted by Crippen LogP contribution is -2.40. The molecule has 0 atom stereocenters. The zero-order chi connectivity index (χ0) is 24.4. The van der Waals surface area contributed by atoms with Gasteiger partial charge in [-0.3, -0.25) is 4.98 Å². The Balaban J connectivity index is 1.36. The SMILES string of the molecule is CCc1ccc(N=S2(=O)CCN(c3ccc(-c4cc(OC)cn5ncc(C#N)c45)cn3)CC2)cn1. The summed E-state index contributed by atoms with van der Waals surface area (Å²) < 4.78 is 24.9. The molecule has 35 heavy (non-hydrogen) atoms. The molecule has 0 N–H and O–H groups in total. The largest absolute Gasteiger partial charge is 0.495 e. The van der Waals surface area contributed by atoms with E-state index in [9.17, 15) is 9.47 Å². The van der Waals surface area contributed by atoms with Crippen LogP contribution in [0.3, 0.4) is 0 Å². The molecule has 9 nitrogen and oxygen atoms in total. The average molecular weight is 488 g/mol. The van der Waals surface area contributed by atoms with Gasteiger partial charge in [-0.25, -0.2) is 13.7 Å². The summed E-state index contributed by atoms with van der Waals surface area (Å²) in [5, 5.41) is 13.8. The zero-order valence-electron chi connectivity index (χ0n) is 19.6. The zero-order valence-corrected chi connectivity index (χ0v) is 20.4. The smallest absolute Gasteiger partial charge is 0.137 e. The van der Waals surface area contributed by atoms with E-state index in [0.717, 1.165) is 29.1 Å². The molecule has 1 aliphatic heterocycles. The number of rotatable bonds is 5. The molecular weight excluding hydrogens is 462 g/mol. The van der Waals surface area contributed by atoms with E-state index in [0.29, 0.717) is 47.1 Å². The highest BCUT2D eigenvalue weighted by molar-refractivity contribution is 7.93. The molecule has 1 aliphatic rings. The second kappa shape index (κ2) is 9.35. The fourth-order valence-electron chi connectivity index (χ4n) is 4.15. The summed E-state index contributed by atoms with van der Waals surface area (Å²) in [5.74, 6) is 2.41. The van der Waals surface area contributed by atoms with E-state index >= 15 is 0 Å². The molecule has 178 valence electrons. The van der Waals surface area contributed by atoms with E-state index < -0.39 is 9.73 Å². The minimum atomic E-state index is -2.33. The van der Waals surface area contributed by atoms with E-state index in [1.807, 2.05) is 30.3 Å². The van der Waals surface area contributed by atoms with Crippen molar-refractivity contribution in [2.45, 2.75) is 13.3 Å². The van der Waals surface area contributed by atoms with Crippen LogP contribution in [0.2, 0.25) is 0 Å². The van der Waals surface area contributed by atoms with Crippen LogP contribution >= 0.6 is 0 Å². The first-order chi connectivity index (χ1) is 17.0. The summed E-state index contributed by atoms with van der Waals surface area (Å²) in [6.07, 6.45) is 7.64. The number of aromatic nitrogens is 4. The third kappa shape index (κ3) is 4.55. The van der Waals surface area contributed by atoms with Gasteiger partial charge in [0.15, 0.2) is 0 Å². The van der Waals surface area contributed by atoms with Crippen molar-refractivity contribution in [3.8, 4) is 22.9 Å². The van der Waals surface area contributed by atoms with Gasteiger partial charge in [0, 0.05) is 47.6 Å². The van der Waals surface area contributed by atoms with Crippen molar-refractivity contribution in [1.29, 1.82) is 5.26 Å². The lowest BCUT2D eigenvalue weighted by Gasteiger charge is -2.29. The van der Waals surface area contributed by atoms with Crippen molar-refractivity contribution in [2.24, 2.45) is 4.36 Å². The fourth-order valence-corrected chi connectivity index (χ4v) is 6.05. The molecular formula is C25H25N7O2S. The molecule has 4 aromatic rings. The standard InChI is InChI=1S/C25H25N7O2S/c1-3-20-5-6-21(16-27-20)30-35(33)10-8-31(9-11-35)24-7-4-18(14-28-24)23-12-22(34-2)17-32-25(23)19(13-26)15-29-32/h4-7,12,14-17H,3,8-11H2,1-2H3. The Labute approximate surface area is 204 Å². The van der Waals surface area contributed by atoms with Crippen molar-refractivity contribution in [2.75, 3.05) is 36.6 Å². The number of nitriles is 1. The molecule has 4 aromatic heterocycles. The molecule has 5 heterocycles. The van der Waals surface area contributed by atoms with Crippen LogP contribution in [0, 0.1) is 11.3 Å². The van der Waals surface area contributed by atoms with E-state index in [1.165, 1.54) is 0 Å². The van der Waals surface area contributed by atoms with Crippen LogP contribution < -0.4 is 9.64 Å². The minimum absolute atomic E-state index is 0.476. The Morgan fingerprint density at radius 3 is 2.60 bits per heavy atom. The van der Waals surface area contributed by atoms with Gasteiger partial charge in [-0.1, -0.05) is 6.92 Å². The summed E-state index contributed by atoms with van der Waals surface area (Å²) in [4.78, 5) is 11.2. The second-order valence-electron chi connectivity index (χ2n) is 8.28. The number of hydrogen-bond donors (Lipinski definition) is 0. The lowest BCUT2D eigenvalue weighted by atomic mass is 10.1. The molecule has 0 spiro atoms. The number of methoxy groups -OCH3 is 1. The van der Waals surface area contributed by atoms with Crippen LogP contribution in [0.4, 0.5) is 11.5 Å². The summed E-state index contributed by atoms with van der Waals surface area (Å²) in [6, 6.07) is 11.8. The minimum Gasteiger partial charge on any atom is -0.495 e. The Kier molecular flexibility index (Phi) is 6.09. The van der Waals surface area contributed by atoms with Gasteiger partial charge < -0.3 is 9.64 Å². The summed E-state index contributed by atoms with van der Waals surface area (Å²) in [7, 11) is -0.731. The predicted octanol–water partition coefficient (Wildman–Crippen LogP) is 3.85. The number of aryl methyl sites for hydroxylation is 1. The van der Waals surface area contributed by atoms with Crippen LogP contribution in [0.1, 0.15) is 18.2 Å². The van der Waals surface area contributed by atoms with Crippen LogP contribution in [-0.4, -0.2) is 55.5 Å². The first kappa shape index (κ1) is 22.8. The molecule has 0 aromatic carbocycles. The Hall–Kier alpha value is -3.97. The van der Waals surface area contributed by atoms with Crippen molar-refractivity contribution >= 4 is 26.8 Å². The number of anilines is 1. The summed E-state index contributed by atoms with van der Waals surface area (Å²) in [6.45, 7) is 3.27. The van der Waals surface area contributed by atoms with Crippen molar-refractivity contribution in [1.82, 2.24) is 19.6 Å². The first-order valence-electron chi connectivity index (χ1n) is 11.4. The molecule has 0 aliphatic carbocycles. The number of ether oxygens (including phenoxy) is 1. The Bertz CT molecular complexity index is 1520. The molecule has 10 heteroatoms. The van der Waals surface area contributed by atoms with Crippen molar-refractivity contribution in [3.05, 3.63) is 66.4 Å². The topological polar surface area (TPSA) is 109 Å². The maximum atomic E-state index is 13.3. The van der Waals surface area contributed by atoms with Crippen molar-refractivity contribution < 1.29 is 8.95 Å². The van der Waals surface area contributed by atoms with Gasteiger partial charge in [0.25, 0.3) is 0 Å².